The van der Waals surface area contributed by atoms with Crippen LogP contribution in [0.2, 0.25) is 0 Å². The van der Waals surface area contributed by atoms with Crippen molar-refractivity contribution in [1.82, 2.24) is 9.80 Å². The second kappa shape index (κ2) is 5.03. The summed E-state index contributed by atoms with van der Waals surface area (Å²) in [4.78, 5) is 4.81. The third-order valence-corrected chi connectivity index (χ3v) is 4.23. The standard InChI is InChI=1S/C13H28N2O/c1-6-13(16,7-2)11-15-9-8-14(5)12(3,4)10-15/h16H,6-11H2,1-5H3. The van der Waals surface area contributed by atoms with Gasteiger partial charge in [0.05, 0.1) is 5.60 Å². The summed E-state index contributed by atoms with van der Waals surface area (Å²) in [6, 6.07) is 0. The Bertz CT molecular complexity index is 224. The molecule has 0 aromatic rings. The molecule has 1 fully saturated rings. The zero-order valence-corrected chi connectivity index (χ0v) is 11.6. The zero-order chi connectivity index (χ0) is 12.4. The minimum atomic E-state index is -0.494. The molecule has 0 saturated carbocycles. The summed E-state index contributed by atoms with van der Waals surface area (Å²) in [5.74, 6) is 0. The fourth-order valence-corrected chi connectivity index (χ4v) is 2.37. The monoisotopic (exact) mass is 228 g/mol. The van der Waals surface area contributed by atoms with Gasteiger partial charge < -0.3 is 5.11 Å². The van der Waals surface area contributed by atoms with Gasteiger partial charge in [-0.15, -0.1) is 0 Å². The molecule has 0 unspecified atom stereocenters. The Kier molecular flexibility index (Phi) is 4.38. The van der Waals surface area contributed by atoms with E-state index < -0.39 is 5.60 Å². The van der Waals surface area contributed by atoms with Crippen molar-refractivity contribution in [3.63, 3.8) is 0 Å². The molecule has 0 spiro atoms. The Labute approximate surface area is 100 Å². The molecule has 1 aliphatic rings. The van der Waals surface area contributed by atoms with E-state index in [9.17, 15) is 5.11 Å². The summed E-state index contributed by atoms with van der Waals surface area (Å²) in [5, 5.41) is 10.4. The van der Waals surface area contributed by atoms with Crippen LogP contribution in [-0.4, -0.2) is 59.3 Å². The van der Waals surface area contributed by atoms with E-state index in [1.165, 1.54) is 0 Å². The van der Waals surface area contributed by atoms with E-state index in [4.69, 9.17) is 0 Å². The molecule has 0 aliphatic carbocycles. The Hall–Kier alpha value is -0.120. The lowest BCUT2D eigenvalue weighted by molar-refractivity contribution is -0.0376. The topological polar surface area (TPSA) is 26.7 Å². The average molecular weight is 228 g/mol. The van der Waals surface area contributed by atoms with Crippen molar-refractivity contribution in [1.29, 1.82) is 0 Å². The predicted molar refractivity (Wildman–Crippen MR) is 68.7 cm³/mol. The number of β-amino-alcohol motifs (C(OH)–C–C–N with tert-alkyl or cyclic N) is 1. The summed E-state index contributed by atoms with van der Waals surface area (Å²) in [7, 11) is 2.18. The van der Waals surface area contributed by atoms with E-state index in [-0.39, 0.29) is 5.54 Å². The highest BCUT2D eigenvalue weighted by molar-refractivity contribution is 4.91. The third-order valence-electron chi connectivity index (χ3n) is 4.23. The minimum Gasteiger partial charge on any atom is -0.389 e. The summed E-state index contributed by atoms with van der Waals surface area (Å²) >= 11 is 0. The van der Waals surface area contributed by atoms with Crippen molar-refractivity contribution in [2.45, 2.75) is 51.7 Å². The number of piperazine rings is 1. The van der Waals surface area contributed by atoms with E-state index in [0.29, 0.717) is 0 Å². The smallest absolute Gasteiger partial charge is 0.0768 e. The first-order valence-electron chi connectivity index (χ1n) is 6.49. The number of likely N-dealkylation sites (N-methyl/N-ethyl adjacent to an activating group) is 1. The van der Waals surface area contributed by atoms with Crippen LogP contribution in [0.25, 0.3) is 0 Å². The molecular weight excluding hydrogens is 200 g/mol. The van der Waals surface area contributed by atoms with Gasteiger partial charge in [-0.25, -0.2) is 0 Å². The first-order valence-corrected chi connectivity index (χ1v) is 6.49. The van der Waals surface area contributed by atoms with Gasteiger partial charge in [-0.1, -0.05) is 13.8 Å². The SMILES string of the molecule is CCC(O)(CC)CN1CCN(C)C(C)(C)C1. The van der Waals surface area contributed by atoms with E-state index in [1.54, 1.807) is 0 Å². The van der Waals surface area contributed by atoms with E-state index in [1.807, 2.05) is 0 Å². The quantitative estimate of drug-likeness (QED) is 0.791. The number of aliphatic hydroxyl groups is 1. The number of rotatable bonds is 4. The molecule has 16 heavy (non-hydrogen) atoms. The molecule has 0 radical (unpaired) electrons. The average Bonchev–Trinajstić information content (AvgIpc) is 2.23. The highest BCUT2D eigenvalue weighted by Gasteiger charge is 2.34. The normalized spacial score (nSPS) is 23.6. The van der Waals surface area contributed by atoms with E-state index >= 15 is 0 Å². The summed E-state index contributed by atoms with van der Waals surface area (Å²) in [5.41, 5.74) is -0.271. The maximum atomic E-state index is 10.4. The van der Waals surface area contributed by atoms with Crippen LogP contribution < -0.4 is 0 Å². The van der Waals surface area contributed by atoms with Gasteiger partial charge in [-0.05, 0) is 33.7 Å². The molecule has 0 amide bonds. The first kappa shape index (κ1) is 13.9. The van der Waals surface area contributed by atoms with E-state index in [2.05, 4.69) is 44.5 Å². The van der Waals surface area contributed by atoms with Gasteiger partial charge in [0.1, 0.15) is 0 Å². The van der Waals surface area contributed by atoms with Crippen LogP contribution in [0.15, 0.2) is 0 Å². The van der Waals surface area contributed by atoms with Crippen LogP contribution in [-0.2, 0) is 0 Å². The fraction of sp³-hybridized carbons (Fsp3) is 1.00. The Balaban J connectivity index is 2.57. The van der Waals surface area contributed by atoms with Gasteiger partial charge in [-0.2, -0.15) is 0 Å². The first-order chi connectivity index (χ1) is 7.33. The molecule has 0 aromatic carbocycles. The molecule has 1 N–H and O–H groups in total. The van der Waals surface area contributed by atoms with Crippen molar-refractivity contribution in [2.24, 2.45) is 0 Å². The summed E-state index contributed by atoms with van der Waals surface area (Å²) in [6.07, 6.45) is 1.69. The molecule has 96 valence electrons. The molecular formula is C13H28N2O. The third kappa shape index (κ3) is 3.19. The van der Waals surface area contributed by atoms with Gasteiger partial charge in [-0.3, -0.25) is 9.80 Å². The maximum Gasteiger partial charge on any atom is 0.0768 e. The van der Waals surface area contributed by atoms with Crippen molar-refractivity contribution >= 4 is 0 Å². The van der Waals surface area contributed by atoms with Crippen LogP contribution >= 0.6 is 0 Å². The van der Waals surface area contributed by atoms with E-state index in [0.717, 1.165) is 39.0 Å². The number of nitrogens with zero attached hydrogens (tertiary/aromatic N) is 2. The van der Waals surface area contributed by atoms with Crippen LogP contribution in [0.5, 0.6) is 0 Å². The second-order valence-corrected chi connectivity index (χ2v) is 5.88. The largest absolute Gasteiger partial charge is 0.389 e. The molecule has 3 nitrogen and oxygen atoms in total. The van der Waals surface area contributed by atoms with Crippen LogP contribution in [0.4, 0.5) is 0 Å². The summed E-state index contributed by atoms with van der Waals surface area (Å²) in [6.45, 7) is 12.7. The van der Waals surface area contributed by atoms with Crippen LogP contribution in [0.3, 0.4) is 0 Å². The van der Waals surface area contributed by atoms with Crippen molar-refractivity contribution in [3.8, 4) is 0 Å². The minimum absolute atomic E-state index is 0.223. The Morgan fingerprint density at radius 2 is 1.75 bits per heavy atom. The molecule has 1 heterocycles. The molecule has 0 atom stereocenters. The second-order valence-electron chi connectivity index (χ2n) is 5.88. The van der Waals surface area contributed by atoms with Crippen molar-refractivity contribution in [3.05, 3.63) is 0 Å². The lowest BCUT2D eigenvalue weighted by Gasteiger charge is -2.47. The molecule has 0 aromatic heterocycles. The van der Waals surface area contributed by atoms with Gasteiger partial charge in [0, 0.05) is 31.7 Å². The maximum absolute atomic E-state index is 10.4. The van der Waals surface area contributed by atoms with Crippen molar-refractivity contribution < 1.29 is 5.11 Å². The van der Waals surface area contributed by atoms with Crippen molar-refractivity contribution in [2.75, 3.05) is 33.2 Å². The van der Waals surface area contributed by atoms with Gasteiger partial charge >= 0.3 is 0 Å². The predicted octanol–water partition coefficient (Wildman–Crippen LogP) is 1.56. The molecule has 3 heteroatoms. The highest BCUT2D eigenvalue weighted by Crippen LogP contribution is 2.23. The lowest BCUT2D eigenvalue weighted by atomic mass is 9.94. The van der Waals surface area contributed by atoms with Gasteiger partial charge in [0.15, 0.2) is 0 Å². The molecule has 1 aliphatic heterocycles. The Morgan fingerprint density at radius 3 is 2.19 bits per heavy atom. The van der Waals surface area contributed by atoms with Gasteiger partial charge in [0.25, 0.3) is 0 Å². The van der Waals surface area contributed by atoms with Crippen LogP contribution in [0.1, 0.15) is 40.5 Å². The number of hydrogen-bond acceptors (Lipinski definition) is 3. The zero-order valence-electron chi connectivity index (χ0n) is 11.6. The molecule has 1 rings (SSSR count). The number of hydrogen-bond donors (Lipinski definition) is 1. The lowest BCUT2D eigenvalue weighted by Crippen LogP contribution is -2.60. The fourth-order valence-electron chi connectivity index (χ4n) is 2.37. The molecule has 0 bridgehead atoms. The molecule has 1 saturated heterocycles. The van der Waals surface area contributed by atoms with Crippen LogP contribution in [0, 0.1) is 0 Å². The highest BCUT2D eigenvalue weighted by atomic mass is 16.3. The van der Waals surface area contributed by atoms with Gasteiger partial charge in [0.2, 0.25) is 0 Å². The Morgan fingerprint density at radius 1 is 1.19 bits per heavy atom. The summed E-state index contributed by atoms with van der Waals surface area (Å²) < 4.78 is 0.